The van der Waals surface area contributed by atoms with E-state index in [1.54, 1.807) is 26.8 Å². The minimum Gasteiger partial charge on any atom is -0.491 e. The van der Waals surface area contributed by atoms with E-state index in [4.69, 9.17) is 9.47 Å². The van der Waals surface area contributed by atoms with Crippen molar-refractivity contribution in [2.75, 3.05) is 11.9 Å². The summed E-state index contributed by atoms with van der Waals surface area (Å²) in [6, 6.07) is 6.21. The van der Waals surface area contributed by atoms with Gasteiger partial charge in [0.2, 0.25) is 5.91 Å². The lowest BCUT2D eigenvalue weighted by Gasteiger charge is -2.25. The van der Waals surface area contributed by atoms with Gasteiger partial charge in [-0.05, 0) is 68.5 Å². The quantitative estimate of drug-likeness (QED) is 0.466. The Morgan fingerprint density at radius 2 is 1.71 bits per heavy atom. The molecule has 192 valence electrons. The molecule has 10 heteroatoms. The molecule has 0 bridgehead atoms. The second-order valence-corrected chi connectivity index (χ2v) is 9.60. The van der Waals surface area contributed by atoms with Gasteiger partial charge in [-0.1, -0.05) is 19.9 Å². The summed E-state index contributed by atoms with van der Waals surface area (Å²) in [5.74, 6) is -0.302. The first kappa shape index (κ1) is 27.9. The van der Waals surface area contributed by atoms with Crippen molar-refractivity contribution >= 4 is 17.8 Å². The van der Waals surface area contributed by atoms with Gasteiger partial charge < -0.3 is 20.1 Å². The van der Waals surface area contributed by atoms with E-state index < -0.39 is 29.5 Å². The van der Waals surface area contributed by atoms with E-state index in [0.717, 1.165) is 6.07 Å². The zero-order chi connectivity index (χ0) is 26.4. The van der Waals surface area contributed by atoms with Crippen molar-refractivity contribution in [3.05, 3.63) is 42.1 Å². The van der Waals surface area contributed by atoms with E-state index >= 15 is 0 Å². The highest BCUT2D eigenvalue weighted by Gasteiger charge is 2.35. The van der Waals surface area contributed by atoms with Crippen molar-refractivity contribution in [2.24, 2.45) is 5.92 Å². The van der Waals surface area contributed by atoms with Gasteiger partial charge in [0, 0.05) is 13.1 Å². The lowest BCUT2D eigenvalue weighted by Crippen LogP contribution is -2.42. The Morgan fingerprint density at radius 3 is 2.29 bits per heavy atom. The number of hydrogen-bond donors (Lipinski definition) is 2. The van der Waals surface area contributed by atoms with E-state index in [1.807, 2.05) is 13.8 Å². The summed E-state index contributed by atoms with van der Waals surface area (Å²) in [7, 11) is 0. The topological polar surface area (TPSA) is 89.6 Å². The fourth-order valence-electron chi connectivity index (χ4n) is 3.32. The number of ether oxygens (including phenoxy) is 2. The predicted octanol–water partition coefficient (Wildman–Crippen LogP) is 6.04. The highest BCUT2D eigenvalue weighted by Crippen LogP contribution is 2.39. The number of hydrogen-bond acceptors (Lipinski definition) is 5. The van der Waals surface area contributed by atoms with Crippen molar-refractivity contribution in [1.29, 1.82) is 0 Å². The maximum Gasteiger partial charge on any atom is 0.419 e. The maximum atomic E-state index is 13.9. The number of alkyl halides is 3. The molecule has 0 aliphatic carbocycles. The van der Waals surface area contributed by atoms with E-state index in [-0.39, 0.29) is 35.6 Å². The van der Waals surface area contributed by atoms with Gasteiger partial charge in [-0.25, -0.2) is 9.78 Å². The molecule has 0 aliphatic heterocycles. The summed E-state index contributed by atoms with van der Waals surface area (Å²) in [5, 5.41) is 5.19. The SMILES string of the molecule is CC(=O)Nc1cc(-c2ccc(OCC(CC(C)C)NC(=O)OC(C)(C)C)c(C(F)(F)F)c2)ccn1. The average molecular weight is 496 g/mol. The number of rotatable bonds is 8. The molecule has 0 radical (unpaired) electrons. The van der Waals surface area contributed by atoms with E-state index in [1.165, 1.54) is 31.3 Å². The molecule has 0 aliphatic rings. The molecule has 1 atom stereocenters. The van der Waals surface area contributed by atoms with Crippen LogP contribution in [0.25, 0.3) is 11.1 Å². The molecule has 35 heavy (non-hydrogen) atoms. The van der Waals surface area contributed by atoms with E-state index in [0.29, 0.717) is 12.0 Å². The summed E-state index contributed by atoms with van der Waals surface area (Å²) < 4.78 is 52.5. The second-order valence-electron chi connectivity index (χ2n) is 9.60. The highest BCUT2D eigenvalue weighted by atomic mass is 19.4. The van der Waals surface area contributed by atoms with Crippen LogP contribution in [0.1, 0.15) is 53.5 Å². The molecular formula is C25H32F3N3O4. The van der Waals surface area contributed by atoms with Crippen LogP contribution in [0.4, 0.5) is 23.8 Å². The first-order chi connectivity index (χ1) is 16.1. The molecular weight excluding hydrogens is 463 g/mol. The van der Waals surface area contributed by atoms with Gasteiger partial charge in [-0.2, -0.15) is 13.2 Å². The predicted molar refractivity (Wildman–Crippen MR) is 127 cm³/mol. The third-order valence-corrected chi connectivity index (χ3v) is 4.60. The first-order valence-corrected chi connectivity index (χ1v) is 11.2. The number of carbonyl (C=O) groups is 2. The Balaban J connectivity index is 2.27. The third kappa shape index (κ3) is 9.46. The molecule has 1 aromatic heterocycles. The summed E-state index contributed by atoms with van der Waals surface area (Å²) in [6.45, 7) is 10.2. The van der Waals surface area contributed by atoms with Crippen LogP contribution in [0.3, 0.4) is 0 Å². The summed E-state index contributed by atoms with van der Waals surface area (Å²) in [6.07, 6.45) is -3.45. The van der Waals surface area contributed by atoms with Gasteiger partial charge in [0.1, 0.15) is 23.8 Å². The zero-order valence-corrected chi connectivity index (χ0v) is 20.7. The van der Waals surface area contributed by atoms with Crippen LogP contribution in [0.15, 0.2) is 36.5 Å². The van der Waals surface area contributed by atoms with Crippen molar-refractivity contribution in [3.8, 4) is 16.9 Å². The third-order valence-electron chi connectivity index (χ3n) is 4.60. The number of alkyl carbamates (subject to hydrolysis) is 1. The van der Waals surface area contributed by atoms with Crippen LogP contribution in [-0.4, -0.2) is 35.2 Å². The number of pyridine rings is 1. The van der Waals surface area contributed by atoms with Gasteiger partial charge in [0.15, 0.2) is 0 Å². The van der Waals surface area contributed by atoms with E-state index in [2.05, 4.69) is 15.6 Å². The number of nitrogens with zero attached hydrogens (tertiary/aromatic N) is 1. The molecule has 0 saturated carbocycles. The largest absolute Gasteiger partial charge is 0.491 e. The van der Waals surface area contributed by atoms with E-state index in [9.17, 15) is 22.8 Å². The molecule has 0 fully saturated rings. The molecule has 0 spiro atoms. The van der Waals surface area contributed by atoms with Crippen LogP contribution in [0.5, 0.6) is 5.75 Å². The summed E-state index contributed by atoms with van der Waals surface area (Å²) >= 11 is 0. The number of carbonyl (C=O) groups excluding carboxylic acids is 2. The normalized spacial score (nSPS) is 12.7. The number of aromatic nitrogens is 1. The number of benzene rings is 1. The molecule has 0 saturated heterocycles. The first-order valence-electron chi connectivity index (χ1n) is 11.2. The van der Waals surface area contributed by atoms with Gasteiger partial charge in [0.05, 0.1) is 11.6 Å². The lowest BCUT2D eigenvalue weighted by atomic mass is 10.0. The monoisotopic (exact) mass is 495 g/mol. The van der Waals surface area contributed by atoms with Crippen molar-refractivity contribution in [2.45, 2.75) is 65.8 Å². The molecule has 2 N–H and O–H groups in total. The smallest absolute Gasteiger partial charge is 0.419 e. The second kappa shape index (κ2) is 11.4. The van der Waals surface area contributed by atoms with Crippen LogP contribution >= 0.6 is 0 Å². The Hall–Kier alpha value is -3.30. The minimum absolute atomic E-state index is 0.160. The lowest BCUT2D eigenvalue weighted by molar-refractivity contribution is -0.139. The zero-order valence-electron chi connectivity index (χ0n) is 20.7. The maximum absolute atomic E-state index is 13.9. The van der Waals surface area contributed by atoms with Crippen LogP contribution < -0.4 is 15.4 Å². The molecule has 2 rings (SSSR count). The molecule has 1 aromatic carbocycles. The molecule has 1 unspecified atom stereocenters. The van der Waals surface area contributed by atoms with Gasteiger partial charge >= 0.3 is 12.3 Å². The standard InChI is InChI=1S/C25H32F3N3O4/c1-15(2)11-19(31-23(33)35-24(4,5)6)14-34-21-8-7-17(12-20(21)25(26,27)28)18-9-10-29-22(13-18)30-16(3)32/h7-10,12-13,15,19H,11,14H2,1-6H3,(H,31,33)(H,29,30,32). The van der Waals surface area contributed by atoms with Crippen LogP contribution in [0, 0.1) is 5.92 Å². The highest BCUT2D eigenvalue weighted by molar-refractivity contribution is 5.88. The van der Waals surface area contributed by atoms with Gasteiger partial charge in [0.25, 0.3) is 0 Å². The number of anilines is 1. The van der Waals surface area contributed by atoms with Gasteiger partial charge in [-0.3, -0.25) is 4.79 Å². The summed E-state index contributed by atoms with van der Waals surface area (Å²) in [4.78, 5) is 27.4. The van der Waals surface area contributed by atoms with Crippen molar-refractivity contribution in [3.63, 3.8) is 0 Å². The number of halogens is 3. The molecule has 1 heterocycles. The average Bonchev–Trinajstić information content (AvgIpc) is 2.69. The Kier molecular flexibility index (Phi) is 9.12. The summed E-state index contributed by atoms with van der Waals surface area (Å²) in [5.41, 5.74) is -0.929. The number of nitrogens with one attached hydrogen (secondary N) is 2. The van der Waals surface area contributed by atoms with Crippen molar-refractivity contribution in [1.82, 2.24) is 10.3 Å². The fourth-order valence-corrected chi connectivity index (χ4v) is 3.32. The van der Waals surface area contributed by atoms with Crippen LogP contribution in [-0.2, 0) is 15.7 Å². The Morgan fingerprint density at radius 1 is 1.06 bits per heavy atom. The Bertz CT molecular complexity index is 1030. The number of amides is 2. The minimum atomic E-state index is -4.68. The molecule has 2 aromatic rings. The molecule has 7 nitrogen and oxygen atoms in total. The Labute approximate surface area is 203 Å². The van der Waals surface area contributed by atoms with Crippen molar-refractivity contribution < 1.29 is 32.2 Å². The van der Waals surface area contributed by atoms with Gasteiger partial charge in [-0.15, -0.1) is 0 Å². The molecule has 2 amide bonds. The fraction of sp³-hybridized carbons (Fsp3) is 0.480. The van der Waals surface area contributed by atoms with Crippen LogP contribution in [0.2, 0.25) is 0 Å².